The highest BCUT2D eigenvalue weighted by molar-refractivity contribution is 7.91. The van der Waals surface area contributed by atoms with Gasteiger partial charge in [0.25, 0.3) is 0 Å². The van der Waals surface area contributed by atoms with Crippen molar-refractivity contribution in [3.05, 3.63) is 27.9 Å². The van der Waals surface area contributed by atoms with Crippen LogP contribution in [0.1, 0.15) is 12.6 Å². The second kappa shape index (κ2) is 5.62. The van der Waals surface area contributed by atoms with Crippen molar-refractivity contribution in [1.29, 1.82) is 0 Å². The van der Waals surface area contributed by atoms with Crippen LogP contribution in [0.2, 0.25) is 0 Å². The second-order valence-corrected chi connectivity index (χ2v) is 6.33. The molecule has 0 saturated carbocycles. The molecule has 0 fully saturated rings. The van der Waals surface area contributed by atoms with E-state index in [9.17, 15) is 18.5 Å². The Labute approximate surface area is 110 Å². The van der Waals surface area contributed by atoms with Gasteiger partial charge in [-0.25, -0.2) is 13.4 Å². The molecule has 0 bridgehead atoms. The van der Waals surface area contributed by atoms with Gasteiger partial charge in [-0.05, 0) is 18.9 Å². The van der Waals surface area contributed by atoms with Gasteiger partial charge in [0.2, 0.25) is 14.9 Å². The maximum Gasteiger partial charge on any atom is 0.306 e. The SMILES string of the molecule is Cc1ccc([N+](=O)[O-])c(S(=O)(=O)CC(C)CCl)n1. The van der Waals surface area contributed by atoms with E-state index in [0.717, 1.165) is 6.07 Å². The Balaban J connectivity index is 3.30. The molecule has 1 atom stereocenters. The summed E-state index contributed by atoms with van der Waals surface area (Å²) in [7, 11) is -3.81. The third-order valence-corrected chi connectivity index (χ3v) is 4.66. The molecule has 0 aliphatic rings. The zero-order chi connectivity index (χ0) is 13.9. The topological polar surface area (TPSA) is 90.2 Å². The first-order valence-electron chi connectivity index (χ1n) is 5.18. The Hall–Kier alpha value is -1.21. The molecule has 100 valence electrons. The molecule has 0 radical (unpaired) electrons. The Bertz CT molecular complexity index is 559. The van der Waals surface area contributed by atoms with Crippen molar-refractivity contribution in [2.24, 2.45) is 5.92 Å². The predicted molar refractivity (Wildman–Crippen MR) is 67.6 cm³/mol. The predicted octanol–water partition coefficient (Wildman–Crippen LogP) is 1.95. The van der Waals surface area contributed by atoms with E-state index in [2.05, 4.69) is 4.98 Å². The molecule has 6 nitrogen and oxygen atoms in total. The molecule has 0 spiro atoms. The lowest BCUT2D eigenvalue weighted by Gasteiger charge is -2.08. The van der Waals surface area contributed by atoms with Crippen LogP contribution in [0.5, 0.6) is 0 Å². The van der Waals surface area contributed by atoms with Crippen LogP contribution in [-0.2, 0) is 9.84 Å². The van der Waals surface area contributed by atoms with Gasteiger partial charge in [-0.3, -0.25) is 10.1 Å². The van der Waals surface area contributed by atoms with Gasteiger partial charge in [-0.15, -0.1) is 11.6 Å². The monoisotopic (exact) mass is 292 g/mol. The number of aryl methyl sites for hydroxylation is 1. The van der Waals surface area contributed by atoms with Gasteiger partial charge >= 0.3 is 5.69 Å². The summed E-state index contributed by atoms with van der Waals surface area (Å²) >= 11 is 5.56. The molecule has 8 heteroatoms. The lowest BCUT2D eigenvalue weighted by atomic mass is 10.3. The molecule has 0 aliphatic carbocycles. The van der Waals surface area contributed by atoms with Crippen molar-refractivity contribution in [2.45, 2.75) is 18.9 Å². The average molecular weight is 293 g/mol. The minimum Gasteiger partial charge on any atom is -0.258 e. The number of nitrogens with zero attached hydrogens (tertiary/aromatic N) is 2. The first-order chi connectivity index (χ1) is 8.27. The van der Waals surface area contributed by atoms with Crippen LogP contribution in [0.25, 0.3) is 0 Å². The Morgan fingerprint density at radius 3 is 2.61 bits per heavy atom. The number of hydrogen-bond acceptors (Lipinski definition) is 5. The van der Waals surface area contributed by atoms with Gasteiger partial charge in [0.1, 0.15) is 0 Å². The number of aromatic nitrogens is 1. The van der Waals surface area contributed by atoms with E-state index < -0.39 is 25.5 Å². The number of pyridine rings is 1. The maximum absolute atomic E-state index is 12.1. The van der Waals surface area contributed by atoms with E-state index in [1.54, 1.807) is 13.8 Å². The van der Waals surface area contributed by atoms with E-state index in [0.29, 0.717) is 5.69 Å². The zero-order valence-corrected chi connectivity index (χ0v) is 11.5. The third-order valence-electron chi connectivity index (χ3n) is 2.24. The lowest BCUT2D eigenvalue weighted by Crippen LogP contribution is -2.18. The van der Waals surface area contributed by atoms with Gasteiger partial charge in [-0.2, -0.15) is 0 Å². The highest BCUT2D eigenvalue weighted by Gasteiger charge is 2.29. The Morgan fingerprint density at radius 1 is 1.50 bits per heavy atom. The normalized spacial score (nSPS) is 13.3. The average Bonchev–Trinajstić information content (AvgIpc) is 2.27. The van der Waals surface area contributed by atoms with Gasteiger partial charge in [0, 0.05) is 17.6 Å². The minimum absolute atomic E-state index is 0.166. The molecule has 1 rings (SSSR count). The first-order valence-corrected chi connectivity index (χ1v) is 7.37. The number of nitro groups is 1. The summed E-state index contributed by atoms with van der Waals surface area (Å²) < 4.78 is 24.1. The van der Waals surface area contributed by atoms with E-state index in [-0.39, 0.29) is 17.6 Å². The van der Waals surface area contributed by atoms with E-state index in [4.69, 9.17) is 11.6 Å². The summed E-state index contributed by atoms with van der Waals surface area (Å²) in [5.74, 6) is -0.384. The van der Waals surface area contributed by atoms with Crippen molar-refractivity contribution >= 4 is 27.1 Å². The van der Waals surface area contributed by atoms with Gasteiger partial charge in [0.15, 0.2) is 0 Å². The number of hydrogen-bond donors (Lipinski definition) is 0. The minimum atomic E-state index is -3.81. The van der Waals surface area contributed by atoms with Gasteiger partial charge < -0.3 is 0 Å². The van der Waals surface area contributed by atoms with Crippen molar-refractivity contribution in [3.8, 4) is 0 Å². The van der Waals surface area contributed by atoms with Crippen molar-refractivity contribution in [1.82, 2.24) is 4.98 Å². The van der Waals surface area contributed by atoms with Crippen LogP contribution in [0.15, 0.2) is 17.2 Å². The lowest BCUT2D eigenvalue weighted by molar-refractivity contribution is -0.388. The summed E-state index contributed by atoms with van der Waals surface area (Å²) in [6, 6.07) is 2.56. The quantitative estimate of drug-likeness (QED) is 0.470. The summed E-state index contributed by atoms with van der Waals surface area (Å²) in [5, 5.41) is 10.3. The molecule has 1 aromatic rings. The number of halogens is 1. The van der Waals surface area contributed by atoms with E-state index in [1.807, 2.05) is 0 Å². The van der Waals surface area contributed by atoms with Crippen molar-refractivity contribution in [2.75, 3.05) is 11.6 Å². The standard InChI is InChI=1S/C10H13ClN2O4S/c1-7(5-11)6-18(16,17)10-9(13(14)15)4-3-8(2)12-10/h3-4,7H,5-6H2,1-2H3. The Kier molecular flexibility index (Phi) is 4.64. The number of sulfone groups is 1. The molecule has 1 unspecified atom stereocenters. The van der Waals surface area contributed by atoms with Crippen LogP contribution in [0.3, 0.4) is 0 Å². The summed E-state index contributed by atoms with van der Waals surface area (Å²) in [6.07, 6.45) is 0. The van der Waals surface area contributed by atoms with E-state index in [1.165, 1.54) is 6.07 Å². The van der Waals surface area contributed by atoms with Crippen LogP contribution in [-0.4, -0.2) is 30.0 Å². The van der Waals surface area contributed by atoms with Crippen molar-refractivity contribution < 1.29 is 13.3 Å². The molecular weight excluding hydrogens is 280 g/mol. The highest BCUT2D eigenvalue weighted by Crippen LogP contribution is 2.24. The van der Waals surface area contributed by atoms with Gasteiger partial charge in [0.05, 0.1) is 10.7 Å². The second-order valence-electron chi connectivity index (χ2n) is 4.07. The first kappa shape index (κ1) is 14.8. The van der Waals surface area contributed by atoms with Crippen LogP contribution < -0.4 is 0 Å². The number of alkyl halides is 1. The Morgan fingerprint density at radius 2 is 2.11 bits per heavy atom. The smallest absolute Gasteiger partial charge is 0.258 e. The molecular formula is C10H13ClN2O4S. The molecule has 0 aromatic carbocycles. The molecule has 0 saturated heterocycles. The summed E-state index contributed by atoms with van der Waals surface area (Å²) in [5.41, 5.74) is -0.0833. The fourth-order valence-electron chi connectivity index (χ4n) is 1.39. The van der Waals surface area contributed by atoms with Gasteiger partial charge in [-0.1, -0.05) is 6.92 Å². The third kappa shape index (κ3) is 3.39. The molecule has 1 heterocycles. The fraction of sp³-hybridized carbons (Fsp3) is 0.500. The van der Waals surface area contributed by atoms with Crippen molar-refractivity contribution in [3.63, 3.8) is 0 Å². The molecule has 0 aliphatic heterocycles. The van der Waals surface area contributed by atoms with Crippen LogP contribution >= 0.6 is 11.6 Å². The summed E-state index contributed by atoms with van der Waals surface area (Å²) in [4.78, 5) is 13.8. The summed E-state index contributed by atoms with van der Waals surface area (Å²) in [6.45, 7) is 3.24. The zero-order valence-electron chi connectivity index (χ0n) is 9.96. The highest BCUT2D eigenvalue weighted by atomic mass is 35.5. The fourth-order valence-corrected chi connectivity index (χ4v) is 3.40. The molecule has 0 N–H and O–H groups in total. The number of rotatable bonds is 5. The molecule has 0 amide bonds. The van der Waals surface area contributed by atoms with Crippen LogP contribution in [0, 0.1) is 23.0 Å². The molecule has 18 heavy (non-hydrogen) atoms. The van der Waals surface area contributed by atoms with E-state index >= 15 is 0 Å². The maximum atomic E-state index is 12.1. The largest absolute Gasteiger partial charge is 0.306 e. The molecule has 1 aromatic heterocycles. The van der Waals surface area contributed by atoms with Crippen LogP contribution in [0.4, 0.5) is 5.69 Å².